The lowest BCUT2D eigenvalue weighted by molar-refractivity contribution is -0.122. The lowest BCUT2D eigenvalue weighted by Crippen LogP contribution is -2.26. The van der Waals surface area contributed by atoms with Crippen LogP contribution in [-0.4, -0.2) is 18.6 Å². The number of benzene rings is 1. The van der Waals surface area contributed by atoms with E-state index in [4.69, 9.17) is 4.74 Å². The first-order chi connectivity index (χ1) is 9.15. The Balaban J connectivity index is 1.71. The van der Waals surface area contributed by atoms with Gasteiger partial charge in [-0.1, -0.05) is 12.1 Å². The van der Waals surface area contributed by atoms with Crippen LogP contribution in [0.1, 0.15) is 38.7 Å². The normalized spacial score (nSPS) is 14.5. The molecule has 3 heteroatoms. The van der Waals surface area contributed by atoms with Crippen LogP contribution in [0.5, 0.6) is 5.75 Å². The molecule has 0 aliphatic heterocycles. The van der Waals surface area contributed by atoms with Gasteiger partial charge in [0.15, 0.2) is 0 Å². The molecule has 1 fully saturated rings. The zero-order chi connectivity index (χ0) is 13.7. The molecule has 1 aliphatic rings. The van der Waals surface area contributed by atoms with Crippen molar-refractivity contribution in [3.63, 3.8) is 0 Å². The summed E-state index contributed by atoms with van der Waals surface area (Å²) in [6.45, 7) is 4.82. The largest absolute Gasteiger partial charge is 0.491 e. The lowest BCUT2D eigenvalue weighted by atomic mass is 10.1. The van der Waals surface area contributed by atoms with Crippen molar-refractivity contribution in [1.82, 2.24) is 5.32 Å². The van der Waals surface area contributed by atoms with Gasteiger partial charge in [-0.15, -0.1) is 0 Å². The number of ether oxygens (including phenoxy) is 1. The monoisotopic (exact) mass is 261 g/mol. The summed E-state index contributed by atoms with van der Waals surface area (Å²) in [4.78, 5) is 11.5. The quantitative estimate of drug-likeness (QED) is 0.766. The fraction of sp³-hybridized carbons (Fsp3) is 0.562. The Morgan fingerprint density at radius 2 is 2.21 bits per heavy atom. The van der Waals surface area contributed by atoms with Crippen LogP contribution in [0.3, 0.4) is 0 Å². The molecule has 1 N–H and O–H groups in total. The van der Waals surface area contributed by atoms with Crippen molar-refractivity contribution in [2.24, 2.45) is 5.92 Å². The molecule has 0 saturated heterocycles. The number of amides is 1. The summed E-state index contributed by atoms with van der Waals surface area (Å²) in [6.07, 6.45) is 4.29. The average molecular weight is 261 g/mol. The second kappa shape index (κ2) is 6.60. The molecule has 3 nitrogen and oxygen atoms in total. The molecule has 19 heavy (non-hydrogen) atoms. The maximum Gasteiger partial charge on any atom is 0.223 e. The van der Waals surface area contributed by atoms with Gasteiger partial charge in [0.05, 0.1) is 6.10 Å². The maximum atomic E-state index is 11.5. The van der Waals surface area contributed by atoms with E-state index >= 15 is 0 Å². The van der Waals surface area contributed by atoms with E-state index in [1.165, 1.54) is 5.56 Å². The van der Waals surface area contributed by atoms with Crippen LogP contribution in [0.4, 0.5) is 0 Å². The Bertz CT molecular complexity index is 425. The third-order valence-corrected chi connectivity index (χ3v) is 3.16. The summed E-state index contributed by atoms with van der Waals surface area (Å²) in [5, 5.41) is 2.99. The van der Waals surface area contributed by atoms with E-state index < -0.39 is 0 Å². The standard InChI is InChI=1S/C16H23NO2/c1-12(2)19-15-7-3-5-13(11-15)6-4-10-17-16(18)14-8-9-14/h3,5,7,11-12,14H,4,6,8-10H2,1-2H3,(H,17,18). The Hall–Kier alpha value is -1.51. The number of carbonyl (C=O) groups excluding carboxylic acids is 1. The third kappa shape index (κ3) is 4.93. The van der Waals surface area contributed by atoms with Crippen LogP contribution in [-0.2, 0) is 11.2 Å². The average Bonchev–Trinajstić information content (AvgIpc) is 3.18. The van der Waals surface area contributed by atoms with Gasteiger partial charge in [-0.05, 0) is 57.2 Å². The molecule has 0 aromatic heterocycles. The predicted octanol–water partition coefficient (Wildman–Crippen LogP) is 2.93. The Kier molecular flexibility index (Phi) is 4.83. The first kappa shape index (κ1) is 13.9. The van der Waals surface area contributed by atoms with Crippen molar-refractivity contribution in [3.8, 4) is 5.75 Å². The molecule has 1 aromatic rings. The molecule has 0 unspecified atom stereocenters. The van der Waals surface area contributed by atoms with Crippen molar-refractivity contribution in [3.05, 3.63) is 29.8 Å². The minimum Gasteiger partial charge on any atom is -0.491 e. The molecular weight excluding hydrogens is 238 g/mol. The molecular formula is C16H23NO2. The Labute approximate surface area is 115 Å². The van der Waals surface area contributed by atoms with Gasteiger partial charge >= 0.3 is 0 Å². The summed E-state index contributed by atoms with van der Waals surface area (Å²) >= 11 is 0. The second-order valence-electron chi connectivity index (χ2n) is 5.48. The van der Waals surface area contributed by atoms with E-state index in [0.29, 0.717) is 5.92 Å². The Morgan fingerprint density at radius 3 is 2.89 bits per heavy atom. The van der Waals surface area contributed by atoms with Gasteiger partial charge in [-0.3, -0.25) is 4.79 Å². The van der Waals surface area contributed by atoms with Crippen molar-refractivity contribution in [2.45, 2.75) is 45.6 Å². The molecule has 2 rings (SSSR count). The highest BCUT2D eigenvalue weighted by Gasteiger charge is 2.28. The molecule has 0 heterocycles. The molecule has 1 aromatic carbocycles. The van der Waals surface area contributed by atoms with E-state index in [-0.39, 0.29) is 12.0 Å². The summed E-state index contributed by atoms with van der Waals surface area (Å²) in [5.74, 6) is 1.47. The van der Waals surface area contributed by atoms with Crippen LogP contribution < -0.4 is 10.1 Å². The molecule has 1 saturated carbocycles. The summed E-state index contributed by atoms with van der Waals surface area (Å²) in [5.41, 5.74) is 1.26. The van der Waals surface area contributed by atoms with E-state index in [1.807, 2.05) is 26.0 Å². The maximum absolute atomic E-state index is 11.5. The zero-order valence-corrected chi connectivity index (χ0v) is 11.8. The van der Waals surface area contributed by atoms with E-state index in [1.54, 1.807) is 0 Å². The first-order valence-corrected chi connectivity index (χ1v) is 7.18. The molecule has 0 radical (unpaired) electrons. The third-order valence-electron chi connectivity index (χ3n) is 3.16. The van der Waals surface area contributed by atoms with Gasteiger partial charge in [-0.25, -0.2) is 0 Å². The van der Waals surface area contributed by atoms with Crippen molar-refractivity contribution in [1.29, 1.82) is 0 Å². The van der Waals surface area contributed by atoms with Crippen molar-refractivity contribution < 1.29 is 9.53 Å². The number of hydrogen-bond donors (Lipinski definition) is 1. The topological polar surface area (TPSA) is 38.3 Å². The highest BCUT2D eigenvalue weighted by Crippen LogP contribution is 2.28. The van der Waals surface area contributed by atoms with Gasteiger partial charge < -0.3 is 10.1 Å². The zero-order valence-electron chi connectivity index (χ0n) is 11.8. The van der Waals surface area contributed by atoms with Crippen LogP contribution in [0.15, 0.2) is 24.3 Å². The number of nitrogens with one attached hydrogen (secondary N) is 1. The van der Waals surface area contributed by atoms with Gasteiger partial charge in [0.25, 0.3) is 0 Å². The van der Waals surface area contributed by atoms with E-state index in [9.17, 15) is 4.79 Å². The van der Waals surface area contributed by atoms with E-state index in [2.05, 4.69) is 17.4 Å². The van der Waals surface area contributed by atoms with Crippen LogP contribution >= 0.6 is 0 Å². The fourth-order valence-corrected chi connectivity index (χ4v) is 2.04. The molecule has 0 atom stereocenters. The minimum absolute atomic E-state index is 0.202. The Morgan fingerprint density at radius 1 is 1.42 bits per heavy atom. The van der Waals surface area contributed by atoms with Crippen LogP contribution in [0.2, 0.25) is 0 Å². The van der Waals surface area contributed by atoms with Crippen LogP contribution in [0.25, 0.3) is 0 Å². The number of carbonyl (C=O) groups is 1. The lowest BCUT2D eigenvalue weighted by Gasteiger charge is -2.11. The SMILES string of the molecule is CC(C)Oc1cccc(CCCNC(=O)C2CC2)c1. The van der Waals surface area contributed by atoms with Gasteiger partial charge in [0.1, 0.15) is 5.75 Å². The molecule has 0 spiro atoms. The molecule has 1 aliphatic carbocycles. The first-order valence-electron chi connectivity index (χ1n) is 7.18. The molecule has 0 bridgehead atoms. The summed E-state index contributed by atoms with van der Waals surface area (Å²) in [7, 11) is 0. The minimum atomic E-state index is 0.202. The molecule has 1 amide bonds. The van der Waals surface area contributed by atoms with E-state index in [0.717, 1.165) is 38.0 Å². The smallest absolute Gasteiger partial charge is 0.223 e. The highest BCUT2D eigenvalue weighted by atomic mass is 16.5. The van der Waals surface area contributed by atoms with Gasteiger partial charge in [0, 0.05) is 12.5 Å². The van der Waals surface area contributed by atoms with Crippen molar-refractivity contribution >= 4 is 5.91 Å². The number of hydrogen-bond acceptors (Lipinski definition) is 2. The summed E-state index contributed by atoms with van der Waals surface area (Å²) < 4.78 is 5.67. The highest BCUT2D eigenvalue weighted by molar-refractivity contribution is 5.80. The van der Waals surface area contributed by atoms with Gasteiger partial charge in [-0.2, -0.15) is 0 Å². The predicted molar refractivity (Wildman–Crippen MR) is 76.3 cm³/mol. The number of aryl methyl sites for hydroxylation is 1. The van der Waals surface area contributed by atoms with Gasteiger partial charge in [0.2, 0.25) is 5.91 Å². The fourth-order valence-electron chi connectivity index (χ4n) is 2.04. The van der Waals surface area contributed by atoms with Crippen molar-refractivity contribution in [2.75, 3.05) is 6.54 Å². The van der Waals surface area contributed by atoms with Crippen LogP contribution in [0, 0.1) is 5.92 Å². The summed E-state index contributed by atoms with van der Waals surface area (Å²) in [6, 6.07) is 8.20. The molecule has 104 valence electrons. The second-order valence-corrected chi connectivity index (χ2v) is 5.48. The number of rotatable bonds is 7.